The number of rotatable bonds is 10. The van der Waals surface area contributed by atoms with Gasteiger partial charge in [-0.25, -0.2) is 0 Å². The van der Waals surface area contributed by atoms with E-state index in [1.807, 2.05) is 0 Å². The van der Waals surface area contributed by atoms with Crippen molar-refractivity contribution in [1.82, 2.24) is 0 Å². The second-order valence-corrected chi connectivity index (χ2v) is 28.8. The van der Waals surface area contributed by atoms with Gasteiger partial charge in [0.25, 0.3) is 0 Å². The molecule has 0 saturated heterocycles. The predicted molar refractivity (Wildman–Crippen MR) is 453 cm³/mol. The minimum absolute atomic E-state index is 0.399. The van der Waals surface area contributed by atoms with Gasteiger partial charge in [0, 0.05) is 45.0 Å². The minimum atomic E-state index is -0.540. The summed E-state index contributed by atoms with van der Waals surface area (Å²) >= 11 is 0. The second kappa shape index (κ2) is 25.9. The predicted octanol–water partition coefficient (Wildman–Crippen LogP) is 28.1. The standard InChI is InChI=1S/C53H35NO.C53H35N/c1-3-16-36(17-4-1)42-35-32-37-18-7-8-21-41(37)51(42)38-30-33-40(34-31-38)54(39-19-5-2-6-20-39)48-27-15-26-47-52(48)43-22-9-10-23-44(43)53(47)45-24-11-13-28-49(45)55-50-29-14-12-25-46(50)53;1-3-16-36(17-4-1)42-35-32-37-18-7-8-21-41(37)51(42)38-30-33-40(34-31-38)54(39-19-5-2-6-20-39)50-29-15-28-49-52(50)45-24-11-14-27-48(45)53(49)46-25-12-9-22-43(46)44-23-10-13-26-47(44)53/h1-35H;1-35H. The maximum Gasteiger partial charge on any atom is 0.132 e. The van der Waals surface area contributed by atoms with Crippen molar-refractivity contribution in [3.63, 3.8) is 0 Å². The number of hydrogen-bond donors (Lipinski definition) is 0. The van der Waals surface area contributed by atoms with Crippen LogP contribution in [-0.2, 0) is 10.8 Å². The van der Waals surface area contributed by atoms with Crippen molar-refractivity contribution in [1.29, 1.82) is 0 Å². The van der Waals surface area contributed by atoms with Gasteiger partial charge in [-0.1, -0.05) is 352 Å². The van der Waals surface area contributed by atoms with E-state index in [1.54, 1.807) is 0 Å². The maximum atomic E-state index is 6.61. The molecular formula is C106H70N2O. The summed E-state index contributed by atoms with van der Waals surface area (Å²) in [6.45, 7) is 0. The molecule has 22 rings (SSSR count). The summed E-state index contributed by atoms with van der Waals surface area (Å²) in [5.41, 5.74) is 33.5. The first-order valence-electron chi connectivity index (χ1n) is 37.7. The molecule has 18 aromatic carbocycles. The first kappa shape index (κ1) is 63.4. The summed E-state index contributed by atoms with van der Waals surface area (Å²) in [6, 6.07) is 155. The average molecular weight is 1390 g/mol. The quantitative estimate of drug-likeness (QED) is 0.136. The zero-order chi connectivity index (χ0) is 72.0. The van der Waals surface area contributed by atoms with E-state index < -0.39 is 10.8 Å². The van der Waals surface area contributed by atoms with Crippen LogP contribution in [-0.4, -0.2) is 0 Å². The van der Waals surface area contributed by atoms with E-state index in [4.69, 9.17) is 4.74 Å². The average Bonchev–Trinajstić information content (AvgIpc) is 1.52. The highest BCUT2D eigenvalue weighted by atomic mass is 16.5. The zero-order valence-electron chi connectivity index (χ0n) is 59.7. The van der Waals surface area contributed by atoms with Crippen LogP contribution in [0.4, 0.5) is 34.1 Å². The van der Waals surface area contributed by atoms with Crippen LogP contribution in [0.15, 0.2) is 425 Å². The molecule has 3 aliphatic carbocycles. The van der Waals surface area contributed by atoms with Gasteiger partial charge in [0.2, 0.25) is 0 Å². The Kier molecular flexibility index (Phi) is 15.0. The van der Waals surface area contributed by atoms with Crippen molar-refractivity contribution < 1.29 is 4.74 Å². The van der Waals surface area contributed by atoms with Gasteiger partial charge in [-0.05, 0) is 194 Å². The fourth-order valence-corrected chi connectivity index (χ4v) is 18.8. The molecule has 3 heteroatoms. The molecule has 0 bridgehead atoms. The van der Waals surface area contributed by atoms with Gasteiger partial charge < -0.3 is 14.5 Å². The lowest BCUT2D eigenvalue weighted by molar-refractivity contribution is 0.436. The molecule has 0 fully saturated rings. The van der Waals surface area contributed by atoms with E-state index in [2.05, 4.69) is 434 Å². The lowest BCUT2D eigenvalue weighted by Crippen LogP contribution is -2.32. The summed E-state index contributed by atoms with van der Waals surface area (Å²) in [4.78, 5) is 4.88. The Morgan fingerprint density at radius 1 is 0.174 bits per heavy atom. The largest absolute Gasteiger partial charge is 0.457 e. The van der Waals surface area contributed by atoms with E-state index >= 15 is 0 Å². The molecule has 0 radical (unpaired) electrons. The van der Waals surface area contributed by atoms with Crippen molar-refractivity contribution in [3.05, 3.63) is 469 Å². The number of hydrogen-bond acceptors (Lipinski definition) is 3. The highest BCUT2D eigenvalue weighted by molar-refractivity contribution is 6.08. The topological polar surface area (TPSA) is 15.7 Å². The van der Waals surface area contributed by atoms with Crippen LogP contribution < -0.4 is 14.5 Å². The van der Waals surface area contributed by atoms with E-state index in [-0.39, 0.29) is 0 Å². The van der Waals surface area contributed by atoms with E-state index in [9.17, 15) is 0 Å². The number of ether oxygens (including phenoxy) is 1. The number of anilines is 6. The molecular weight excluding hydrogens is 1320 g/mol. The van der Waals surface area contributed by atoms with Gasteiger partial charge in [-0.15, -0.1) is 0 Å². The van der Waals surface area contributed by atoms with Crippen LogP contribution in [0.5, 0.6) is 11.5 Å². The molecule has 0 aromatic heterocycles. The third kappa shape index (κ3) is 9.83. The smallest absolute Gasteiger partial charge is 0.132 e. The van der Waals surface area contributed by atoms with Crippen LogP contribution in [0.25, 0.3) is 99.4 Å². The molecule has 2 spiro atoms. The second-order valence-electron chi connectivity index (χ2n) is 28.8. The Hall–Kier alpha value is -14.1. The molecule has 4 aliphatic rings. The van der Waals surface area contributed by atoms with Crippen molar-refractivity contribution in [2.45, 2.75) is 10.8 Å². The summed E-state index contributed by atoms with van der Waals surface area (Å²) in [7, 11) is 0. The molecule has 0 atom stereocenters. The van der Waals surface area contributed by atoms with Crippen molar-refractivity contribution >= 4 is 55.7 Å². The van der Waals surface area contributed by atoms with Gasteiger partial charge in [-0.2, -0.15) is 0 Å². The highest BCUT2D eigenvalue weighted by Crippen LogP contribution is 2.67. The minimum Gasteiger partial charge on any atom is -0.457 e. The molecule has 3 nitrogen and oxygen atoms in total. The number of nitrogens with zero attached hydrogens (tertiary/aromatic N) is 2. The van der Waals surface area contributed by atoms with Crippen LogP contribution in [0.2, 0.25) is 0 Å². The van der Waals surface area contributed by atoms with Gasteiger partial charge in [0.15, 0.2) is 0 Å². The Morgan fingerprint density at radius 2 is 0.477 bits per heavy atom. The van der Waals surface area contributed by atoms with E-state index in [0.717, 1.165) is 51.1 Å². The third-order valence-electron chi connectivity index (χ3n) is 23.2. The number of para-hydroxylation sites is 4. The molecule has 510 valence electrons. The molecule has 0 unspecified atom stereocenters. The molecule has 109 heavy (non-hydrogen) atoms. The summed E-state index contributed by atoms with van der Waals surface area (Å²) < 4.78 is 6.61. The Labute approximate surface area is 635 Å². The first-order chi connectivity index (χ1) is 54.1. The summed E-state index contributed by atoms with van der Waals surface area (Å²) in [5.74, 6) is 1.79. The lowest BCUT2D eigenvalue weighted by Gasteiger charge is -2.39. The Bertz CT molecular complexity index is 6480. The fourth-order valence-electron chi connectivity index (χ4n) is 18.8. The van der Waals surface area contributed by atoms with Gasteiger partial charge >= 0.3 is 0 Å². The van der Waals surface area contributed by atoms with Crippen LogP contribution >= 0.6 is 0 Å². The van der Waals surface area contributed by atoms with Gasteiger partial charge in [-0.3, -0.25) is 0 Å². The van der Waals surface area contributed by atoms with Crippen molar-refractivity contribution in [2.24, 2.45) is 0 Å². The highest BCUT2D eigenvalue weighted by Gasteiger charge is 2.54. The maximum absolute atomic E-state index is 6.61. The van der Waals surface area contributed by atoms with Crippen molar-refractivity contribution in [2.75, 3.05) is 9.80 Å². The molecule has 1 aliphatic heterocycles. The Morgan fingerprint density at radius 3 is 0.890 bits per heavy atom. The zero-order valence-corrected chi connectivity index (χ0v) is 59.7. The van der Waals surface area contributed by atoms with E-state index in [0.29, 0.717) is 0 Å². The first-order valence-corrected chi connectivity index (χ1v) is 37.7. The van der Waals surface area contributed by atoms with E-state index in [1.165, 1.54) is 139 Å². The monoisotopic (exact) mass is 1390 g/mol. The van der Waals surface area contributed by atoms with Gasteiger partial charge in [0.05, 0.1) is 22.2 Å². The number of benzene rings is 18. The SMILES string of the molecule is c1ccc(-c2ccc3ccccc3c2-c2ccc(N(c3ccccc3)c3cccc4c3-c3ccccc3C43c4ccccc4-c4ccccc43)cc2)cc1.c1ccc(-c2ccc3ccccc3c2-c2ccc(N(c3ccccc3)c3cccc4c3-c3ccccc3C43c4ccccc4Oc4ccccc43)cc2)cc1. The summed E-state index contributed by atoms with van der Waals surface area (Å²) in [6.07, 6.45) is 0. The molecule has 0 amide bonds. The molecule has 18 aromatic rings. The van der Waals surface area contributed by atoms with Gasteiger partial charge in [0.1, 0.15) is 11.5 Å². The normalized spacial score (nSPS) is 13.0. The fraction of sp³-hybridized carbons (Fsp3) is 0.0189. The Balaban J connectivity index is 0.000000139. The van der Waals surface area contributed by atoms with Crippen LogP contribution in [0.1, 0.15) is 44.5 Å². The van der Waals surface area contributed by atoms with Crippen molar-refractivity contribution in [3.8, 4) is 89.4 Å². The molecule has 0 saturated carbocycles. The molecule has 1 heterocycles. The summed E-state index contributed by atoms with van der Waals surface area (Å²) in [5, 5.41) is 4.98. The lowest BCUT2D eigenvalue weighted by atomic mass is 9.66. The third-order valence-corrected chi connectivity index (χ3v) is 23.2. The van der Waals surface area contributed by atoms with Crippen LogP contribution in [0, 0.1) is 0 Å². The molecule has 0 N–H and O–H groups in total. The van der Waals surface area contributed by atoms with Crippen LogP contribution in [0.3, 0.4) is 0 Å². The number of fused-ring (bicyclic) bond motifs is 21.